The molecule has 0 fully saturated rings. The Morgan fingerprint density at radius 3 is 2.79 bits per heavy atom. The van der Waals surface area contributed by atoms with Crippen LogP contribution >= 0.6 is 27.3 Å². The number of nitrogens with zero attached hydrogens (tertiary/aromatic N) is 1. The van der Waals surface area contributed by atoms with Gasteiger partial charge in [-0.1, -0.05) is 6.07 Å². The standard InChI is InChI=1S/C12H9BrN2O3S/c1-6-2-3-7(13)8(4-6)14-10(16)11-15-9(5-19-11)12(17)18/h2-5H,1H3,(H,14,16)(H,17,18). The lowest BCUT2D eigenvalue weighted by atomic mass is 10.2. The van der Waals surface area contributed by atoms with Crippen LogP contribution in [0.3, 0.4) is 0 Å². The van der Waals surface area contributed by atoms with Gasteiger partial charge < -0.3 is 10.4 Å². The molecule has 0 radical (unpaired) electrons. The Hall–Kier alpha value is -1.73. The monoisotopic (exact) mass is 340 g/mol. The number of hydrogen-bond donors (Lipinski definition) is 2. The Labute approximate surface area is 121 Å². The van der Waals surface area contributed by atoms with Gasteiger partial charge >= 0.3 is 5.97 Å². The third kappa shape index (κ3) is 3.18. The third-order valence-electron chi connectivity index (χ3n) is 2.29. The van der Waals surface area contributed by atoms with Gasteiger partial charge in [0.15, 0.2) is 10.7 Å². The molecule has 2 N–H and O–H groups in total. The molecule has 98 valence electrons. The number of rotatable bonds is 3. The second kappa shape index (κ2) is 5.50. The second-order valence-electron chi connectivity index (χ2n) is 3.78. The molecule has 2 aromatic rings. The fraction of sp³-hybridized carbons (Fsp3) is 0.0833. The smallest absolute Gasteiger partial charge is 0.355 e. The maximum atomic E-state index is 11.9. The molecule has 0 bridgehead atoms. The quantitative estimate of drug-likeness (QED) is 0.899. The van der Waals surface area contributed by atoms with E-state index in [-0.39, 0.29) is 10.7 Å². The lowest BCUT2D eigenvalue weighted by molar-refractivity contribution is 0.0691. The number of nitrogens with one attached hydrogen (secondary N) is 1. The molecule has 1 heterocycles. The van der Waals surface area contributed by atoms with Gasteiger partial charge in [0, 0.05) is 9.85 Å². The lowest BCUT2D eigenvalue weighted by Crippen LogP contribution is -2.12. The maximum Gasteiger partial charge on any atom is 0.355 e. The molecule has 0 aliphatic carbocycles. The van der Waals surface area contributed by atoms with E-state index in [1.54, 1.807) is 0 Å². The Balaban J connectivity index is 2.20. The molecule has 0 aliphatic rings. The van der Waals surface area contributed by atoms with Gasteiger partial charge in [0.2, 0.25) is 0 Å². The van der Waals surface area contributed by atoms with Crippen molar-refractivity contribution < 1.29 is 14.7 Å². The molecule has 5 nitrogen and oxygen atoms in total. The molecule has 0 aliphatic heterocycles. The summed E-state index contributed by atoms with van der Waals surface area (Å²) < 4.78 is 0.751. The highest BCUT2D eigenvalue weighted by atomic mass is 79.9. The second-order valence-corrected chi connectivity index (χ2v) is 5.49. The van der Waals surface area contributed by atoms with E-state index in [0.717, 1.165) is 21.4 Å². The number of anilines is 1. The van der Waals surface area contributed by atoms with Crippen LogP contribution < -0.4 is 5.32 Å². The summed E-state index contributed by atoms with van der Waals surface area (Å²) in [5.74, 6) is -1.57. The van der Waals surface area contributed by atoms with E-state index in [2.05, 4.69) is 26.2 Å². The van der Waals surface area contributed by atoms with Crippen LogP contribution in [0.25, 0.3) is 0 Å². The molecule has 1 aromatic carbocycles. The predicted molar refractivity (Wildman–Crippen MR) is 75.9 cm³/mol. The van der Waals surface area contributed by atoms with Crippen molar-refractivity contribution in [3.8, 4) is 0 Å². The summed E-state index contributed by atoms with van der Waals surface area (Å²) in [5.41, 5.74) is 1.50. The van der Waals surface area contributed by atoms with Crippen LogP contribution in [0, 0.1) is 6.92 Å². The van der Waals surface area contributed by atoms with E-state index in [4.69, 9.17) is 5.11 Å². The van der Waals surface area contributed by atoms with Crippen molar-refractivity contribution in [1.29, 1.82) is 0 Å². The van der Waals surface area contributed by atoms with Crippen molar-refractivity contribution in [2.75, 3.05) is 5.32 Å². The fourth-order valence-electron chi connectivity index (χ4n) is 1.39. The summed E-state index contributed by atoms with van der Waals surface area (Å²) in [7, 11) is 0. The first-order valence-electron chi connectivity index (χ1n) is 5.23. The van der Waals surface area contributed by atoms with Gasteiger partial charge in [-0.25, -0.2) is 9.78 Å². The first kappa shape index (κ1) is 13.7. The predicted octanol–water partition coefficient (Wildman–Crippen LogP) is 3.16. The van der Waals surface area contributed by atoms with E-state index in [1.807, 2.05) is 25.1 Å². The molecule has 0 saturated carbocycles. The zero-order valence-electron chi connectivity index (χ0n) is 9.81. The van der Waals surface area contributed by atoms with Gasteiger partial charge in [-0.05, 0) is 40.5 Å². The Bertz CT molecular complexity index is 654. The Morgan fingerprint density at radius 1 is 1.42 bits per heavy atom. The van der Waals surface area contributed by atoms with Crippen molar-refractivity contribution in [2.24, 2.45) is 0 Å². The lowest BCUT2D eigenvalue weighted by Gasteiger charge is -2.06. The molecule has 0 unspecified atom stereocenters. The van der Waals surface area contributed by atoms with Crippen molar-refractivity contribution in [2.45, 2.75) is 6.92 Å². The summed E-state index contributed by atoms with van der Waals surface area (Å²) in [6.07, 6.45) is 0. The number of aromatic nitrogens is 1. The van der Waals surface area contributed by atoms with Crippen molar-refractivity contribution in [1.82, 2.24) is 4.98 Å². The number of aromatic carboxylic acids is 1. The first-order chi connectivity index (χ1) is 8.97. The van der Waals surface area contributed by atoms with Crippen molar-refractivity contribution in [3.05, 3.63) is 44.3 Å². The number of carboxylic acid groups (broad SMARTS) is 1. The summed E-state index contributed by atoms with van der Waals surface area (Å²) >= 11 is 4.33. The minimum Gasteiger partial charge on any atom is -0.476 e. The molecule has 2 rings (SSSR count). The fourth-order valence-corrected chi connectivity index (χ4v) is 2.42. The van der Waals surface area contributed by atoms with E-state index in [1.165, 1.54) is 5.38 Å². The van der Waals surface area contributed by atoms with Crippen LogP contribution in [0.15, 0.2) is 28.1 Å². The normalized spacial score (nSPS) is 10.2. The summed E-state index contributed by atoms with van der Waals surface area (Å²) in [6.45, 7) is 1.91. The number of carbonyl (C=O) groups excluding carboxylic acids is 1. The van der Waals surface area contributed by atoms with E-state index in [9.17, 15) is 9.59 Å². The molecule has 1 amide bonds. The summed E-state index contributed by atoms with van der Waals surface area (Å²) in [4.78, 5) is 26.4. The average molecular weight is 341 g/mol. The van der Waals surface area contributed by atoms with Crippen LogP contribution in [-0.2, 0) is 0 Å². The topological polar surface area (TPSA) is 79.3 Å². The first-order valence-corrected chi connectivity index (χ1v) is 6.91. The minimum atomic E-state index is -1.15. The van der Waals surface area contributed by atoms with Gasteiger partial charge in [-0.2, -0.15) is 0 Å². The molecule has 0 saturated heterocycles. The molecule has 1 aromatic heterocycles. The zero-order valence-corrected chi connectivity index (χ0v) is 12.2. The molecular formula is C12H9BrN2O3S. The van der Waals surface area contributed by atoms with Crippen LogP contribution in [-0.4, -0.2) is 22.0 Å². The molecule has 0 spiro atoms. The number of benzene rings is 1. The van der Waals surface area contributed by atoms with Crippen LogP contribution in [0.4, 0.5) is 5.69 Å². The number of amides is 1. The molecule has 7 heteroatoms. The number of carboxylic acids is 1. The van der Waals surface area contributed by atoms with Crippen LogP contribution in [0.1, 0.15) is 25.9 Å². The van der Waals surface area contributed by atoms with Gasteiger partial charge in [0.1, 0.15) is 0 Å². The summed E-state index contributed by atoms with van der Waals surface area (Å²) in [5, 5.41) is 12.9. The van der Waals surface area contributed by atoms with E-state index >= 15 is 0 Å². The van der Waals surface area contributed by atoms with Gasteiger partial charge in [0.25, 0.3) is 5.91 Å². The SMILES string of the molecule is Cc1ccc(Br)c(NC(=O)c2nc(C(=O)O)cs2)c1. The van der Waals surface area contributed by atoms with E-state index < -0.39 is 11.9 Å². The third-order valence-corrected chi connectivity index (χ3v) is 3.82. The number of hydrogen-bond acceptors (Lipinski definition) is 4. The minimum absolute atomic E-state index is 0.116. The zero-order chi connectivity index (χ0) is 14.0. The van der Waals surface area contributed by atoms with E-state index in [0.29, 0.717) is 5.69 Å². The van der Waals surface area contributed by atoms with Crippen LogP contribution in [0.2, 0.25) is 0 Å². The van der Waals surface area contributed by atoms with Crippen LogP contribution in [0.5, 0.6) is 0 Å². The highest BCUT2D eigenvalue weighted by Gasteiger charge is 2.15. The Kier molecular flexibility index (Phi) is 3.96. The number of thiazole rings is 1. The molecule has 19 heavy (non-hydrogen) atoms. The van der Waals surface area contributed by atoms with Gasteiger partial charge in [-0.15, -0.1) is 11.3 Å². The summed E-state index contributed by atoms with van der Waals surface area (Å²) in [6, 6.07) is 5.55. The average Bonchev–Trinajstić information content (AvgIpc) is 2.83. The van der Waals surface area contributed by atoms with Crippen molar-refractivity contribution >= 4 is 44.8 Å². The Morgan fingerprint density at radius 2 is 2.16 bits per heavy atom. The molecule has 0 atom stereocenters. The highest BCUT2D eigenvalue weighted by Crippen LogP contribution is 2.24. The highest BCUT2D eigenvalue weighted by molar-refractivity contribution is 9.10. The maximum absolute atomic E-state index is 11.9. The van der Waals surface area contributed by atoms with Crippen molar-refractivity contribution in [3.63, 3.8) is 0 Å². The van der Waals surface area contributed by atoms with Gasteiger partial charge in [0.05, 0.1) is 5.69 Å². The molecular weight excluding hydrogens is 332 g/mol. The largest absolute Gasteiger partial charge is 0.476 e. The number of carbonyl (C=O) groups is 2. The number of halogens is 1. The van der Waals surface area contributed by atoms with Gasteiger partial charge in [-0.3, -0.25) is 4.79 Å². The number of aryl methyl sites for hydroxylation is 1.